The van der Waals surface area contributed by atoms with E-state index < -0.39 is 11.9 Å². The van der Waals surface area contributed by atoms with E-state index in [-0.39, 0.29) is 22.9 Å². The largest absolute Gasteiger partial charge is 0.383 e. The Morgan fingerprint density at radius 1 is 1.58 bits per heavy atom. The van der Waals surface area contributed by atoms with Gasteiger partial charge in [0.1, 0.15) is 11.9 Å². The summed E-state index contributed by atoms with van der Waals surface area (Å²) in [6.07, 6.45) is -0.575. The highest BCUT2D eigenvalue weighted by Crippen LogP contribution is 2.33. The zero-order valence-electron chi connectivity index (χ0n) is 10.4. The molecule has 1 N–H and O–H groups in total. The van der Waals surface area contributed by atoms with Crippen LogP contribution in [0, 0.1) is 5.82 Å². The quantitative estimate of drug-likeness (QED) is 0.872. The first-order chi connectivity index (χ1) is 8.95. The van der Waals surface area contributed by atoms with E-state index in [4.69, 9.17) is 23.2 Å². The number of aliphatic hydroxyl groups is 1. The molecule has 3 nitrogen and oxygen atoms in total. The number of carbonyl (C=O) groups is 1. The van der Waals surface area contributed by atoms with E-state index in [0.29, 0.717) is 24.1 Å². The minimum atomic E-state index is -0.967. The summed E-state index contributed by atoms with van der Waals surface area (Å²) in [5, 5.41) is 9.74. The maximum atomic E-state index is 13.5. The predicted octanol–water partition coefficient (Wildman–Crippen LogP) is 2.87. The van der Waals surface area contributed by atoms with Gasteiger partial charge in [-0.15, -0.1) is 11.6 Å². The summed E-state index contributed by atoms with van der Waals surface area (Å²) in [5.74, 6) is -0.662. The predicted molar refractivity (Wildman–Crippen MR) is 71.7 cm³/mol. The van der Waals surface area contributed by atoms with Gasteiger partial charge in [-0.3, -0.25) is 4.79 Å². The van der Waals surface area contributed by atoms with Gasteiger partial charge in [-0.2, -0.15) is 0 Å². The van der Waals surface area contributed by atoms with Gasteiger partial charge >= 0.3 is 0 Å². The number of carbonyl (C=O) groups excluding carboxylic acids is 1. The molecule has 1 aliphatic heterocycles. The average Bonchev–Trinajstić information content (AvgIpc) is 2.68. The number of hydrogen-bond donors (Lipinski definition) is 1. The van der Waals surface area contributed by atoms with Crippen LogP contribution in [0.4, 0.5) is 4.39 Å². The summed E-state index contributed by atoms with van der Waals surface area (Å²) >= 11 is 11.8. The van der Waals surface area contributed by atoms with Gasteiger partial charge in [0.25, 0.3) is 5.91 Å². The van der Waals surface area contributed by atoms with Crippen molar-refractivity contribution in [2.45, 2.75) is 31.4 Å². The van der Waals surface area contributed by atoms with Gasteiger partial charge in [0.2, 0.25) is 0 Å². The maximum absolute atomic E-state index is 13.5. The number of nitrogens with zero attached hydrogens (tertiary/aromatic N) is 1. The van der Waals surface area contributed by atoms with Crippen LogP contribution in [0.1, 0.15) is 30.5 Å². The van der Waals surface area contributed by atoms with Crippen LogP contribution in [0.5, 0.6) is 0 Å². The second-order valence-corrected chi connectivity index (χ2v) is 5.28. The third-order valence-electron chi connectivity index (χ3n) is 3.46. The van der Waals surface area contributed by atoms with Gasteiger partial charge in [-0.05, 0) is 36.6 Å². The number of benzene rings is 1. The lowest BCUT2D eigenvalue weighted by atomic mass is 10.0. The van der Waals surface area contributed by atoms with Crippen molar-refractivity contribution in [1.29, 1.82) is 0 Å². The van der Waals surface area contributed by atoms with Crippen molar-refractivity contribution in [2.24, 2.45) is 0 Å². The first kappa shape index (κ1) is 14.6. The smallest absolute Gasteiger partial charge is 0.251 e. The third kappa shape index (κ3) is 2.71. The van der Waals surface area contributed by atoms with Crippen molar-refractivity contribution in [3.63, 3.8) is 0 Å². The number of rotatable bonds is 3. The molecule has 1 aromatic rings. The van der Waals surface area contributed by atoms with Crippen molar-refractivity contribution in [3.05, 3.63) is 34.1 Å². The molecule has 0 radical (unpaired) electrons. The molecule has 1 saturated heterocycles. The van der Waals surface area contributed by atoms with Crippen molar-refractivity contribution < 1.29 is 14.3 Å². The Hall–Kier alpha value is -0.840. The molecule has 0 spiro atoms. The molecule has 1 aliphatic rings. The second kappa shape index (κ2) is 5.65. The Morgan fingerprint density at radius 3 is 2.79 bits per heavy atom. The molecule has 1 heterocycles. The summed E-state index contributed by atoms with van der Waals surface area (Å²) in [6, 6.07) is 2.18. The van der Waals surface area contributed by atoms with E-state index in [1.807, 2.05) is 0 Å². The molecule has 1 fully saturated rings. The summed E-state index contributed by atoms with van der Waals surface area (Å²) in [4.78, 5) is 13.3. The van der Waals surface area contributed by atoms with Crippen LogP contribution in [0.15, 0.2) is 12.1 Å². The molecule has 2 atom stereocenters. The minimum Gasteiger partial charge on any atom is -0.383 e. The second-order valence-electron chi connectivity index (χ2n) is 4.60. The number of alkyl halides is 1. The topological polar surface area (TPSA) is 40.5 Å². The minimum absolute atomic E-state index is 0.142. The van der Waals surface area contributed by atoms with Gasteiger partial charge < -0.3 is 10.0 Å². The third-order valence-corrected chi connectivity index (χ3v) is 4.06. The van der Waals surface area contributed by atoms with E-state index >= 15 is 0 Å². The molecule has 19 heavy (non-hydrogen) atoms. The molecule has 1 unspecified atom stereocenters. The van der Waals surface area contributed by atoms with Crippen LogP contribution in [0.3, 0.4) is 0 Å². The van der Waals surface area contributed by atoms with Gasteiger partial charge in [0, 0.05) is 17.4 Å². The fourth-order valence-corrected chi connectivity index (χ4v) is 3.02. The zero-order valence-corrected chi connectivity index (χ0v) is 11.9. The number of halogens is 3. The molecule has 1 amide bonds. The Morgan fingerprint density at radius 2 is 2.26 bits per heavy atom. The molecule has 1 aromatic carbocycles. The van der Waals surface area contributed by atoms with Crippen LogP contribution >= 0.6 is 23.2 Å². The van der Waals surface area contributed by atoms with Crippen LogP contribution in [0.25, 0.3) is 0 Å². The molecule has 0 bridgehead atoms. The molecule has 104 valence electrons. The summed E-state index contributed by atoms with van der Waals surface area (Å²) in [5.41, 5.74) is 1.20. The Labute approximate surface area is 120 Å². The van der Waals surface area contributed by atoms with Gasteiger partial charge in [-0.25, -0.2) is 4.39 Å². The lowest BCUT2D eigenvalue weighted by molar-refractivity contribution is -0.136. The first-order valence-electron chi connectivity index (χ1n) is 5.98. The molecule has 0 aromatic heterocycles. The normalized spacial score (nSPS) is 21.0. The Balaban J connectivity index is 2.38. The number of amides is 1. The van der Waals surface area contributed by atoms with Crippen molar-refractivity contribution in [1.82, 2.24) is 4.90 Å². The van der Waals surface area contributed by atoms with Crippen LogP contribution < -0.4 is 0 Å². The number of likely N-dealkylation sites (tertiary alicyclic amines) is 1. The monoisotopic (exact) mass is 305 g/mol. The molecule has 0 saturated carbocycles. The van der Waals surface area contributed by atoms with E-state index in [1.54, 1.807) is 6.92 Å². The van der Waals surface area contributed by atoms with Crippen molar-refractivity contribution >= 4 is 29.1 Å². The molecular weight excluding hydrogens is 292 g/mol. The van der Waals surface area contributed by atoms with Gasteiger partial charge in [-0.1, -0.05) is 11.6 Å². The highest BCUT2D eigenvalue weighted by molar-refractivity contribution is 6.32. The fourth-order valence-electron chi connectivity index (χ4n) is 2.38. The summed E-state index contributed by atoms with van der Waals surface area (Å²) < 4.78 is 13.5. The van der Waals surface area contributed by atoms with Gasteiger partial charge in [0.05, 0.1) is 6.04 Å². The maximum Gasteiger partial charge on any atom is 0.251 e. The summed E-state index contributed by atoms with van der Waals surface area (Å²) in [7, 11) is 0. The number of aliphatic hydroxyl groups excluding tert-OH is 1. The van der Waals surface area contributed by atoms with Crippen LogP contribution in [-0.4, -0.2) is 28.6 Å². The summed E-state index contributed by atoms with van der Waals surface area (Å²) in [6.45, 7) is 2.22. The Kier molecular flexibility index (Phi) is 4.33. The Bertz CT molecular complexity index is 510. The van der Waals surface area contributed by atoms with Crippen LogP contribution in [-0.2, 0) is 10.7 Å². The zero-order chi connectivity index (χ0) is 14.2. The SMILES string of the molecule is CC(c1cc(F)cc(Cl)c1CCl)N1CC[C@H](O)C1=O. The lowest BCUT2D eigenvalue weighted by Gasteiger charge is -2.26. The van der Waals surface area contributed by atoms with Gasteiger partial charge in [0.15, 0.2) is 0 Å². The van der Waals surface area contributed by atoms with Crippen molar-refractivity contribution in [2.75, 3.05) is 6.54 Å². The molecule has 2 rings (SSSR count). The van der Waals surface area contributed by atoms with Crippen molar-refractivity contribution in [3.8, 4) is 0 Å². The van der Waals surface area contributed by atoms with E-state index in [1.165, 1.54) is 17.0 Å². The molecule has 0 aliphatic carbocycles. The van der Waals surface area contributed by atoms with E-state index in [2.05, 4.69) is 0 Å². The first-order valence-corrected chi connectivity index (χ1v) is 6.89. The van der Waals surface area contributed by atoms with E-state index in [0.717, 1.165) is 0 Å². The average molecular weight is 306 g/mol. The fraction of sp³-hybridized carbons (Fsp3) is 0.462. The number of hydrogen-bond acceptors (Lipinski definition) is 2. The van der Waals surface area contributed by atoms with E-state index in [9.17, 15) is 14.3 Å². The lowest BCUT2D eigenvalue weighted by Crippen LogP contribution is -2.32. The van der Waals surface area contributed by atoms with Crippen LogP contribution in [0.2, 0.25) is 5.02 Å². The molecular formula is C13H14Cl2FNO2. The molecule has 6 heteroatoms. The highest BCUT2D eigenvalue weighted by Gasteiger charge is 2.34. The standard InChI is InChI=1S/C13H14Cl2FNO2/c1-7(17-3-2-12(18)13(17)19)9-4-8(16)5-11(15)10(9)6-14/h4-5,7,12,18H,2-3,6H2,1H3/t7?,12-/m0/s1. The highest BCUT2D eigenvalue weighted by atomic mass is 35.5.